The zero-order valence-corrected chi connectivity index (χ0v) is 4.40. The number of hydrogen-bond donors (Lipinski definition) is 3. The van der Waals surface area contributed by atoms with E-state index in [1.807, 2.05) is 0 Å². The third kappa shape index (κ3) is 4.23. The predicted octanol–water partition coefficient (Wildman–Crippen LogP) is 0.631. The second-order valence-electron chi connectivity index (χ2n) is 1.01. The van der Waals surface area contributed by atoms with Gasteiger partial charge in [0.15, 0.2) is 0 Å². The van der Waals surface area contributed by atoms with Crippen molar-refractivity contribution >= 4 is 10.8 Å². The standard InChI is InChI=1S/C2H9NO2S/c1-2-6(3,4)5/h4-5H,2-3H2,1H3. The summed E-state index contributed by atoms with van der Waals surface area (Å²) < 4.78 is 16.5. The molecule has 0 bridgehead atoms. The molecule has 3 nitrogen and oxygen atoms in total. The maximum absolute atomic E-state index is 8.24. The van der Waals surface area contributed by atoms with E-state index in [1.165, 1.54) is 0 Å². The molecule has 0 aliphatic heterocycles. The lowest BCUT2D eigenvalue weighted by atomic mass is 11.0. The Balaban J connectivity index is 3.17. The normalized spacial score (nSPS) is 14.7. The Morgan fingerprint density at radius 2 is 1.83 bits per heavy atom. The van der Waals surface area contributed by atoms with E-state index in [4.69, 9.17) is 14.2 Å². The van der Waals surface area contributed by atoms with E-state index >= 15 is 0 Å². The summed E-state index contributed by atoms with van der Waals surface area (Å²) in [6.07, 6.45) is 0. The van der Waals surface area contributed by atoms with Gasteiger partial charge in [0.25, 0.3) is 0 Å². The molecular weight excluding hydrogens is 102 g/mol. The van der Waals surface area contributed by atoms with Crippen molar-refractivity contribution in [3.8, 4) is 0 Å². The van der Waals surface area contributed by atoms with E-state index < -0.39 is 10.8 Å². The molecule has 4 N–H and O–H groups in total. The number of rotatable bonds is 1. The topological polar surface area (TPSA) is 66.5 Å². The van der Waals surface area contributed by atoms with Gasteiger partial charge in [0, 0.05) is 5.75 Å². The molecule has 0 saturated carbocycles. The Hall–Kier alpha value is 0.230. The van der Waals surface area contributed by atoms with Crippen molar-refractivity contribution < 1.29 is 9.11 Å². The zero-order chi connectivity index (χ0) is 5.21. The van der Waals surface area contributed by atoms with Crippen molar-refractivity contribution in [3.63, 3.8) is 0 Å². The van der Waals surface area contributed by atoms with Gasteiger partial charge in [-0.05, 0) is 6.92 Å². The van der Waals surface area contributed by atoms with Crippen LogP contribution in [0.1, 0.15) is 6.92 Å². The summed E-state index contributed by atoms with van der Waals surface area (Å²) in [5.41, 5.74) is 0. The van der Waals surface area contributed by atoms with Crippen molar-refractivity contribution in [3.05, 3.63) is 0 Å². The van der Waals surface area contributed by atoms with Crippen LogP contribution in [0, 0.1) is 0 Å². The fourth-order valence-corrected chi connectivity index (χ4v) is 0. The fourth-order valence-electron chi connectivity index (χ4n) is 0. The van der Waals surface area contributed by atoms with Gasteiger partial charge in [-0.3, -0.25) is 9.11 Å². The maximum atomic E-state index is 8.24. The van der Waals surface area contributed by atoms with Crippen LogP contribution in [0.4, 0.5) is 0 Å². The average molecular weight is 111 g/mol. The van der Waals surface area contributed by atoms with Crippen molar-refractivity contribution in [2.45, 2.75) is 6.92 Å². The van der Waals surface area contributed by atoms with E-state index in [1.54, 1.807) is 6.92 Å². The van der Waals surface area contributed by atoms with Crippen LogP contribution in [0.25, 0.3) is 0 Å². The molecule has 0 radical (unpaired) electrons. The number of nitrogens with two attached hydrogens (primary N) is 1. The van der Waals surface area contributed by atoms with E-state index in [9.17, 15) is 0 Å². The van der Waals surface area contributed by atoms with Gasteiger partial charge in [0.2, 0.25) is 0 Å². The summed E-state index contributed by atoms with van der Waals surface area (Å²) in [7, 11) is -2.66. The van der Waals surface area contributed by atoms with E-state index in [-0.39, 0.29) is 5.75 Å². The predicted molar refractivity (Wildman–Crippen MR) is 27.6 cm³/mol. The van der Waals surface area contributed by atoms with Crippen LogP contribution in [0.15, 0.2) is 0 Å². The summed E-state index contributed by atoms with van der Waals surface area (Å²) in [5, 5.41) is 4.73. The van der Waals surface area contributed by atoms with Gasteiger partial charge < -0.3 is 0 Å². The second-order valence-corrected chi connectivity index (χ2v) is 3.02. The first-order valence-corrected chi connectivity index (χ1v) is 3.38. The molecule has 0 heterocycles. The molecule has 0 aliphatic rings. The SMILES string of the molecule is CCS(N)(O)O. The largest absolute Gasteiger partial charge is 0.286 e. The molecule has 0 amide bonds. The molecule has 0 fully saturated rings. The molecule has 0 aromatic rings. The quantitative estimate of drug-likeness (QED) is 0.465. The van der Waals surface area contributed by atoms with Gasteiger partial charge in [-0.25, -0.2) is 5.14 Å². The van der Waals surface area contributed by atoms with E-state index in [2.05, 4.69) is 0 Å². The first-order valence-electron chi connectivity index (χ1n) is 1.60. The first-order chi connectivity index (χ1) is 2.56. The van der Waals surface area contributed by atoms with Gasteiger partial charge in [-0.2, -0.15) is 0 Å². The molecular formula is C2H9NO2S. The highest BCUT2D eigenvalue weighted by Crippen LogP contribution is 2.25. The molecule has 0 unspecified atom stereocenters. The summed E-state index contributed by atoms with van der Waals surface area (Å²) >= 11 is 0. The Morgan fingerprint density at radius 1 is 1.67 bits per heavy atom. The van der Waals surface area contributed by atoms with Crippen LogP contribution in [0.5, 0.6) is 0 Å². The molecule has 0 spiro atoms. The van der Waals surface area contributed by atoms with Crippen LogP contribution in [-0.2, 0) is 0 Å². The van der Waals surface area contributed by atoms with Crippen molar-refractivity contribution in [1.29, 1.82) is 0 Å². The summed E-state index contributed by atoms with van der Waals surface area (Å²) in [6.45, 7) is 1.62. The van der Waals surface area contributed by atoms with Crippen LogP contribution in [0.3, 0.4) is 0 Å². The Labute approximate surface area is 38.6 Å². The third-order valence-electron chi connectivity index (χ3n) is 0.425. The lowest BCUT2D eigenvalue weighted by molar-refractivity contribution is 0.490. The second kappa shape index (κ2) is 1.79. The van der Waals surface area contributed by atoms with Crippen molar-refractivity contribution in [1.82, 2.24) is 0 Å². The average Bonchev–Trinajstić information content (AvgIpc) is 1.35. The molecule has 0 aliphatic carbocycles. The number of hydrogen-bond acceptors (Lipinski definition) is 3. The van der Waals surface area contributed by atoms with Crippen molar-refractivity contribution in [2.75, 3.05) is 5.75 Å². The Morgan fingerprint density at radius 3 is 1.83 bits per heavy atom. The lowest BCUT2D eigenvalue weighted by Crippen LogP contribution is -2.09. The highest BCUT2D eigenvalue weighted by molar-refractivity contribution is 8.22. The van der Waals surface area contributed by atoms with Crippen LogP contribution < -0.4 is 5.14 Å². The van der Waals surface area contributed by atoms with Gasteiger partial charge >= 0.3 is 0 Å². The van der Waals surface area contributed by atoms with E-state index in [0.29, 0.717) is 0 Å². The van der Waals surface area contributed by atoms with Crippen LogP contribution in [-0.4, -0.2) is 14.9 Å². The van der Waals surface area contributed by atoms with Gasteiger partial charge in [0.05, 0.1) is 0 Å². The zero-order valence-electron chi connectivity index (χ0n) is 3.59. The maximum Gasteiger partial charge on any atom is 0.0497 e. The molecule has 0 aromatic heterocycles. The molecule has 0 atom stereocenters. The summed E-state index contributed by atoms with van der Waals surface area (Å²) in [6, 6.07) is 0. The molecule has 0 aromatic carbocycles. The molecule has 6 heavy (non-hydrogen) atoms. The first kappa shape index (κ1) is 6.23. The molecule has 0 saturated heterocycles. The van der Waals surface area contributed by atoms with Gasteiger partial charge in [0.1, 0.15) is 0 Å². The smallest absolute Gasteiger partial charge is 0.0497 e. The monoisotopic (exact) mass is 111 g/mol. The minimum atomic E-state index is -2.66. The van der Waals surface area contributed by atoms with Crippen molar-refractivity contribution in [2.24, 2.45) is 5.14 Å². The highest BCUT2D eigenvalue weighted by Gasteiger charge is 1.94. The molecule has 40 valence electrons. The molecule has 0 rings (SSSR count). The van der Waals surface area contributed by atoms with Gasteiger partial charge in [-0.1, -0.05) is 0 Å². The van der Waals surface area contributed by atoms with Gasteiger partial charge in [-0.15, -0.1) is 10.8 Å². The lowest BCUT2D eigenvalue weighted by Gasteiger charge is -2.22. The minimum Gasteiger partial charge on any atom is -0.286 e. The van der Waals surface area contributed by atoms with Crippen LogP contribution in [0.2, 0.25) is 0 Å². The Bertz CT molecular complexity index is 41.3. The minimum absolute atomic E-state index is 0.243. The van der Waals surface area contributed by atoms with Crippen LogP contribution >= 0.6 is 10.8 Å². The highest BCUT2D eigenvalue weighted by atomic mass is 32.3. The Kier molecular flexibility index (Phi) is 1.86. The third-order valence-corrected chi connectivity index (χ3v) is 1.27. The van der Waals surface area contributed by atoms with E-state index in [0.717, 1.165) is 0 Å². The molecule has 4 heteroatoms. The summed E-state index contributed by atoms with van der Waals surface area (Å²) in [4.78, 5) is 0. The summed E-state index contributed by atoms with van der Waals surface area (Å²) in [5.74, 6) is 0.243. The fraction of sp³-hybridized carbons (Fsp3) is 1.00.